The van der Waals surface area contributed by atoms with E-state index in [1.165, 1.54) is 0 Å². The Hall–Kier alpha value is -0.580. The smallest absolute Gasteiger partial charge is 0.133 e. The summed E-state index contributed by atoms with van der Waals surface area (Å²) >= 11 is 3.41. The molecule has 0 bridgehead atoms. The molecule has 0 aromatic heterocycles. The summed E-state index contributed by atoms with van der Waals surface area (Å²) in [6.45, 7) is 3.95. The van der Waals surface area contributed by atoms with Crippen LogP contribution in [0.15, 0.2) is 16.6 Å². The van der Waals surface area contributed by atoms with E-state index >= 15 is 0 Å². The van der Waals surface area contributed by atoms with E-state index in [1.807, 2.05) is 12.1 Å². The average Bonchev–Trinajstić information content (AvgIpc) is 2.19. The Morgan fingerprint density at radius 1 is 1.31 bits per heavy atom. The summed E-state index contributed by atoms with van der Waals surface area (Å²) in [4.78, 5) is 0. The molecule has 0 saturated carbocycles. The zero-order valence-corrected chi connectivity index (χ0v) is 11.6. The highest BCUT2D eigenvalue weighted by Crippen LogP contribution is 2.33. The summed E-state index contributed by atoms with van der Waals surface area (Å²) in [5, 5.41) is 10.1. The van der Waals surface area contributed by atoms with Crippen LogP contribution in [0.2, 0.25) is 0 Å². The maximum atomic E-state index is 10.1. The van der Waals surface area contributed by atoms with Gasteiger partial charge in [-0.25, -0.2) is 0 Å². The van der Waals surface area contributed by atoms with Gasteiger partial charge in [0.2, 0.25) is 0 Å². The van der Waals surface area contributed by atoms with Gasteiger partial charge in [-0.1, -0.05) is 0 Å². The monoisotopic (exact) mass is 288 g/mol. The zero-order valence-electron chi connectivity index (χ0n) is 10.0. The second-order valence-corrected chi connectivity index (χ2v) is 4.99. The molecule has 0 fully saturated rings. The molecular weight excluding hydrogens is 272 g/mol. The summed E-state index contributed by atoms with van der Waals surface area (Å²) in [6.07, 6.45) is 0. The third kappa shape index (κ3) is 2.97. The molecule has 0 aliphatic carbocycles. The van der Waals surface area contributed by atoms with Crippen LogP contribution in [-0.2, 0) is 16.9 Å². The van der Waals surface area contributed by atoms with Gasteiger partial charge in [-0.2, -0.15) is 0 Å². The average molecular weight is 289 g/mol. The first-order valence-corrected chi connectivity index (χ1v) is 5.77. The van der Waals surface area contributed by atoms with Crippen molar-refractivity contribution in [2.24, 2.45) is 0 Å². The van der Waals surface area contributed by atoms with Crippen LogP contribution in [0.5, 0.6) is 5.75 Å². The largest absolute Gasteiger partial charge is 0.496 e. The standard InChI is InChI=1S/C12H17BrO3/c1-12(2,14)9-6-10(13)11(16-4)5-8(9)7-15-3/h5-6,14H,7H2,1-4H3. The molecule has 0 saturated heterocycles. The van der Waals surface area contributed by atoms with Gasteiger partial charge in [0.25, 0.3) is 0 Å². The van der Waals surface area contributed by atoms with Gasteiger partial charge in [0.15, 0.2) is 0 Å². The SMILES string of the molecule is COCc1cc(OC)c(Br)cc1C(C)(C)O. The predicted molar refractivity (Wildman–Crippen MR) is 66.7 cm³/mol. The Labute approximate surface area is 105 Å². The lowest BCUT2D eigenvalue weighted by atomic mass is 9.93. The van der Waals surface area contributed by atoms with E-state index in [-0.39, 0.29) is 0 Å². The van der Waals surface area contributed by atoms with E-state index in [4.69, 9.17) is 9.47 Å². The van der Waals surface area contributed by atoms with Crippen LogP contribution in [0.3, 0.4) is 0 Å². The van der Waals surface area contributed by atoms with E-state index in [0.717, 1.165) is 21.3 Å². The van der Waals surface area contributed by atoms with Gasteiger partial charge in [0.1, 0.15) is 5.75 Å². The third-order valence-electron chi connectivity index (χ3n) is 2.34. The first-order chi connectivity index (χ1) is 7.40. The Kier molecular flexibility index (Phi) is 4.35. The van der Waals surface area contributed by atoms with Crippen LogP contribution >= 0.6 is 15.9 Å². The van der Waals surface area contributed by atoms with Crippen LogP contribution in [0.4, 0.5) is 0 Å². The van der Waals surface area contributed by atoms with Gasteiger partial charge in [0, 0.05) is 7.11 Å². The molecule has 1 rings (SSSR count). The highest BCUT2D eigenvalue weighted by molar-refractivity contribution is 9.10. The first kappa shape index (κ1) is 13.5. The fourth-order valence-electron chi connectivity index (χ4n) is 1.60. The number of rotatable bonds is 4. The summed E-state index contributed by atoms with van der Waals surface area (Å²) < 4.78 is 11.2. The molecule has 0 radical (unpaired) electrons. The Morgan fingerprint density at radius 2 is 1.94 bits per heavy atom. The molecule has 1 aromatic carbocycles. The maximum absolute atomic E-state index is 10.1. The lowest BCUT2D eigenvalue weighted by Gasteiger charge is -2.22. The number of ether oxygens (including phenoxy) is 2. The van der Waals surface area contributed by atoms with Crippen molar-refractivity contribution in [2.45, 2.75) is 26.1 Å². The molecule has 90 valence electrons. The minimum atomic E-state index is -0.900. The predicted octanol–water partition coefficient (Wildman–Crippen LogP) is 2.83. The Balaban J connectivity index is 3.30. The maximum Gasteiger partial charge on any atom is 0.133 e. The fourth-order valence-corrected chi connectivity index (χ4v) is 2.10. The van der Waals surface area contributed by atoms with Crippen LogP contribution in [0.1, 0.15) is 25.0 Å². The van der Waals surface area contributed by atoms with Crippen molar-refractivity contribution in [1.29, 1.82) is 0 Å². The van der Waals surface area contributed by atoms with Crippen LogP contribution < -0.4 is 4.74 Å². The Morgan fingerprint density at radius 3 is 2.38 bits per heavy atom. The summed E-state index contributed by atoms with van der Waals surface area (Å²) in [5.74, 6) is 0.736. The number of methoxy groups -OCH3 is 2. The number of halogens is 1. The van der Waals surface area contributed by atoms with Crippen LogP contribution in [0.25, 0.3) is 0 Å². The normalized spacial score (nSPS) is 11.6. The second-order valence-electron chi connectivity index (χ2n) is 4.14. The molecule has 0 atom stereocenters. The van der Waals surface area contributed by atoms with Crippen molar-refractivity contribution in [3.63, 3.8) is 0 Å². The summed E-state index contributed by atoms with van der Waals surface area (Å²) in [6, 6.07) is 3.74. The zero-order chi connectivity index (χ0) is 12.3. The molecule has 1 aromatic rings. The van der Waals surface area contributed by atoms with E-state index in [1.54, 1.807) is 28.1 Å². The number of aliphatic hydroxyl groups is 1. The summed E-state index contributed by atoms with van der Waals surface area (Å²) in [5.41, 5.74) is 0.861. The fraction of sp³-hybridized carbons (Fsp3) is 0.500. The Bertz CT molecular complexity index is 369. The molecule has 16 heavy (non-hydrogen) atoms. The van der Waals surface area contributed by atoms with Crippen LogP contribution in [-0.4, -0.2) is 19.3 Å². The van der Waals surface area contributed by atoms with Crippen molar-refractivity contribution < 1.29 is 14.6 Å². The molecule has 1 N–H and O–H groups in total. The van der Waals surface area contributed by atoms with Crippen molar-refractivity contribution in [2.75, 3.05) is 14.2 Å². The summed E-state index contributed by atoms with van der Waals surface area (Å²) in [7, 11) is 3.24. The van der Waals surface area contributed by atoms with Gasteiger partial charge in [0.05, 0.1) is 23.8 Å². The van der Waals surface area contributed by atoms with E-state index < -0.39 is 5.60 Å². The van der Waals surface area contributed by atoms with Gasteiger partial charge >= 0.3 is 0 Å². The molecule has 0 spiro atoms. The molecular formula is C12H17BrO3. The number of benzene rings is 1. The van der Waals surface area contributed by atoms with Crippen LogP contribution in [0, 0.1) is 0 Å². The molecule has 0 heterocycles. The van der Waals surface area contributed by atoms with Gasteiger partial charge in [-0.15, -0.1) is 0 Å². The lowest BCUT2D eigenvalue weighted by Crippen LogP contribution is -2.18. The second kappa shape index (κ2) is 5.17. The van der Waals surface area contributed by atoms with Gasteiger partial charge < -0.3 is 14.6 Å². The minimum absolute atomic E-state index is 0.447. The third-order valence-corrected chi connectivity index (χ3v) is 2.96. The van der Waals surface area contributed by atoms with E-state index in [0.29, 0.717) is 6.61 Å². The quantitative estimate of drug-likeness (QED) is 0.926. The van der Waals surface area contributed by atoms with Gasteiger partial charge in [-0.3, -0.25) is 0 Å². The molecule has 3 nitrogen and oxygen atoms in total. The van der Waals surface area contributed by atoms with Crippen molar-refractivity contribution in [1.82, 2.24) is 0 Å². The molecule has 0 unspecified atom stereocenters. The minimum Gasteiger partial charge on any atom is -0.496 e. The lowest BCUT2D eigenvalue weighted by molar-refractivity contribution is 0.0745. The molecule has 0 aliphatic rings. The number of hydrogen-bond acceptors (Lipinski definition) is 3. The molecule has 0 amide bonds. The van der Waals surface area contributed by atoms with E-state index in [2.05, 4.69) is 15.9 Å². The highest BCUT2D eigenvalue weighted by Gasteiger charge is 2.21. The van der Waals surface area contributed by atoms with Crippen molar-refractivity contribution >= 4 is 15.9 Å². The van der Waals surface area contributed by atoms with Crippen molar-refractivity contribution in [3.05, 3.63) is 27.7 Å². The topological polar surface area (TPSA) is 38.7 Å². The molecule has 4 heteroatoms. The molecule has 0 aliphatic heterocycles. The van der Waals surface area contributed by atoms with Gasteiger partial charge in [-0.05, 0) is 53.0 Å². The number of hydrogen-bond donors (Lipinski definition) is 1. The van der Waals surface area contributed by atoms with Crippen molar-refractivity contribution in [3.8, 4) is 5.75 Å². The first-order valence-electron chi connectivity index (χ1n) is 4.98. The van der Waals surface area contributed by atoms with E-state index in [9.17, 15) is 5.11 Å². The highest BCUT2D eigenvalue weighted by atomic mass is 79.9.